The Balaban J connectivity index is 1.92. The average Bonchev–Trinajstić information content (AvgIpc) is 2.59. The monoisotopic (exact) mass is 214 g/mol. The van der Waals surface area contributed by atoms with Crippen LogP contribution in [0.3, 0.4) is 0 Å². The van der Waals surface area contributed by atoms with Crippen LogP contribution in [0.25, 0.3) is 0 Å². The first-order valence-electron chi connectivity index (χ1n) is 5.38. The minimum Gasteiger partial charge on any atom is -0.168 e. The fourth-order valence-electron chi connectivity index (χ4n) is 2.71. The Morgan fingerprint density at radius 2 is 2.31 bits per heavy atom. The SMILES string of the molecule is C[Si](C)(Cl)CCC12C=CC(CC1)C2. The van der Waals surface area contributed by atoms with Crippen molar-refractivity contribution in [1.29, 1.82) is 0 Å². The Hall–Kier alpha value is 0.247. The Morgan fingerprint density at radius 1 is 1.54 bits per heavy atom. The summed E-state index contributed by atoms with van der Waals surface area (Å²) in [7, 11) is -1.33. The summed E-state index contributed by atoms with van der Waals surface area (Å²) in [5.74, 6) is 0.917. The molecule has 2 rings (SSSR count). The van der Waals surface area contributed by atoms with Crippen molar-refractivity contribution in [3.05, 3.63) is 12.2 Å². The van der Waals surface area contributed by atoms with E-state index in [0.717, 1.165) is 5.92 Å². The highest BCUT2D eigenvalue weighted by atomic mass is 35.6. The van der Waals surface area contributed by atoms with Crippen molar-refractivity contribution in [3.8, 4) is 0 Å². The molecule has 2 aliphatic carbocycles. The van der Waals surface area contributed by atoms with E-state index >= 15 is 0 Å². The highest BCUT2D eigenvalue weighted by Crippen LogP contribution is 2.52. The van der Waals surface area contributed by atoms with Crippen molar-refractivity contribution in [2.75, 3.05) is 0 Å². The molecule has 2 aliphatic rings. The normalized spacial score (nSPS) is 37.3. The number of halogens is 1. The van der Waals surface area contributed by atoms with Crippen LogP contribution in [0, 0.1) is 11.3 Å². The molecule has 0 aromatic carbocycles. The van der Waals surface area contributed by atoms with E-state index in [4.69, 9.17) is 11.1 Å². The fourth-order valence-corrected chi connectivity index (χ4v) is 4.09. The molecule has 13 heavy (non-hydrogen) atoms. The molecular weight excluding hydrogens is 196 g/mol. The zero-order chi connectivity index (χ0) is 9.53. The van der Waals surface area contributed by atoms with Gasteiger partial charge in [0.2, 0.25) is 0 Å². The van der Waals surface area contributed by atoms with E-state index < -0.39 is 7.38 Å². The van der Waals surface area contributed by atoms with Gasteiger partial charge in [-0.05, 0) is 43.1 Å². The van der Waals surface area contributed by atoms with E-state index in [9.17, 15) is 0 Å². The van der Waals surface area contributed by atoms with E-state index in [2.05, 4.69) is 25.2 Å². The molecular formula is C11H19ClSi. The van der Waals surface area contributed by atoms with Crippen LogP contribution in [-0.2, 0) is 0 Å². The third kappa shape index (κ3) is 2.19. The highest BCUT2D eigenvalue weighted by Gasteiger charge is 2.40. The van der Waals surface area contributed by atoms with E-state index in [0.29, 0.717) is 5.41 Å². The standard InChI is InChI=1S/C11H19ClSi/c1-13(2,12)8-7-11-5-3-10(9-11)4-6-11/h3,5,10H,4,6-9H2,1-2H3. The van der Waals surface area contributed by atoms with Gasteiger partial charge in [0.15, 0.2) is 7.38 Å². The first kappa shape index (κ1) is 9.79. The lowest BCUT2D eigenvalue weighted by atomic mass is 9.85. The smallest absolute Gasteiger partial charge is 0.150 e. The maximum Gasteiger partial charge on any atom is 0.150 e. The molecule has 2 heteroatoms. The maximum atomic E-state index is 6.36. The molecule has 1 saturated carbocycles. The van der Waals surface area contributed by atoms with Gasteiger partial charge >= 0.3 is 0 Å². The van der Waals surface area contributed by atoms with Crippen LogP contribution >= 0.6 is 11.1 Å². The third-order valence-corrected chi connectivity index (χ3v) is 5.63. The van der Waals surface area contributed by atoms with Gasteiger partial charge in [0, 0.05) is 0 Å². The molecule has 2 unspecified atom stereocenters. The van der Waals surface area contributed by atoms with E-state index in [1.165, 1.54) is 31.7 Å². The van der Waals surface area contributed by atoms with Crippen molar-refractivity contribution in [1.82, 2.24) is 0 Å². The molecule has 0 aromatic heterocycles. The predicted octanol–water partition coefficient (Wildman–Crippen LogP) is 4.18. The van der Waals surface area contributed by atoms with Gasteiger partial charge in [0.1, 0.15) is 0 Å². The zero-order valence-electron chi connectivity index (χ0n) is 8.65. The lowest BCUT2D eigenvalue weighted by molar-refractivity contribution is 0.387. The van der Waals surface area contributed by atoms with Crippen LogP contribution in [0.4, 0.5) is 0 Å². The van der Waals surface area contributed by atoms with Gasteiger partial charge in [-0.3, -0.25) is 0 Å². The van der Waals surface area contributed by atoms with Gasteiger partial charge in [0.25, 0.3) is 0 Å². The summed E-state index contributed by atoms with van der Waals surface area (Å²) in [5.41, 5.74) is 0.587. The van der Waals surface area contributed by atoms with Crippen LogP contribution in [-0.4, -0.2) is 7.38 Å². The number of allylic oxidation sites excluding steroid dienone is 2. The van der Waals surface area contributed by atoms with Gasteiger partial charge in [-0.15, -0.1) is 0 Å². The summed E-state index contributed by atoms with van der Waals surface area (Å²) in [4.78, 5) is 0. The van der Waals surface area contributed by atoms with E-state index in [1.54, 1.807) is 0 Å². The number of fused-ring (bicyclic) bond motifs is 2. The molecule has 2 atom stereocenters. The Bertz CT molecular complexity index is 229. The van der Waals surface area contributed by atoms with E-state index in [-0.39, 0.29) is 0 Å². The lowest BCUT2D eigenvalue weighted by Crippen LogP contribution is -2.21. The number of hydrogen-bond donors (Lipinski definition) is 0. The molecule has 0 nitrogen and oxygen atoms in total. The number of rotatable bonds is 3. The first-order valence-corrected chi connectivity index (χ1v) is 9.59. The second-order valence-electron chi connectivity index (χ2n) is 5.44. The zero-order valence-corrected chi connectivity index (χ0v) is 10.4. The van der Waals surface area contributed by atoms with Gasteiger partial charge in [0.05, 0.1) is 0 Å². The van der Waals surface area contributed by atoms with Crippen molar-refractivity contribution in [2.45, 2.75) is 44.8 Å². The van der Waals surface area contributed by atoms with Crippen LogP contribution in [0.1, 0.15) is 25.7 Å². The Labute approximate surface area is 87.1 Å². The molecule has 0 saturated heterocycles. The molecule has 0 N–H and O–H groups in total. The fraction of sp³-hybridized carbons (Fsp3) is 0.818. The molecule has 0 amide bonds. The summed E-state index contributed by atoms with van der Waals surface area (Å²) in [6, 6.07) is 1.28. The number of hydrogen-bond acceptors (Lipinski definition) is 0. The predicted molar refractivity (Wildman–Crippen MR) is 61.7 cm³/mol. The van der Waals surface area contributed by atoms with Crippen LogP contribution < -0.4 is 0 Å². The molecule has 0 heterocycles. The largest absolute Gasteiger partial charge is 0.168 e. The summed E-state index contributed by atoms with van der Waals surface area (Å²) in [6.07, 6.45) is 10.6. The molecule has 0 aromatic rings. The summed E-state index contributed by atoms with van der Waals surface area (Å²) in [6.45, 7) is 4.52. The molecule has 0 spiro atoms. The average molecular weight is 215 g/mol. The second-order valence-corrected chi connectivity index (χ2v) is 12.5. The minimum atomic E-state index is -1.33. The maximum absolute atomic E-state index is 6.36. The van der Waals surface area contributed by atoms with E-state index in [1.807, 2.05) is 0 Å². The highest BCUT2D eigenvalue weighted by molar-refractivity contribution is 7.19. The van der Waals surface area contributed by atoms with Gasteiger partial charge < -0.3 is 0 Å². The van der Waals surface area contributed by atoms with Crippen LogP contribution in [0.15, 0.2) is 12.2 Å². The second kappa shape index (κ2) is 3.13. The van der Waals surface area contributed by atoms with Crippen molar-refractivity contribution < 1.29 is 0 Å². The Kier molecular flexibility index (Phi) is 2.36. The van der Waals surface area contributed by atoms with Crippen LogP contribution in [0.2, 0.25) is 19.1 Å². The first-order chi connectivity index (χ1) is 5.99. The molecule has 0 radical (unpaired) electrons. The van der Waals surface area contributed by atoms with Crippen molar-refractivity contribution in [3.63, 3.8) is 0 Å². The van der Waals surface area contributed by atoms with Crippen molar-refractivity contribution >= 4 is 18.5 Å². The third-order valence-electron chi connectivity index (χ3n) is 3.62. The quantitative estimate of drug-likeness (QED) is 0.376. The van der Waals surface area contributed by atoms with Gasteiger partial charge in [-0.25, -0.2) is 0 Å². The molecule has 2 bridgehead atoms. The minimum absolute atomic E-state index is 0.587. The molecule has 74 valence electrons. The van der Waals surface area contributed by atoms with Gasteiger partial charge in [-0.1, -0.05) is 25.2 Å². The summed E-state index contributed by atoms with van der Waals surface area (Å²) < 4.78 is 0. The van der Waals surface area contributed by atoms with Gasteiger partial charge in [-0.2, -0.15) is 11.1 Å². The summed E-state index contributed by atoms with van der Waals surface area (Å²) >= 11 is 6.36. The van der Waals surface area contributed by atoms with Crippen LogP contribution in [0.5, 0.6) is 0 Å². The summed E-state index contributed by atoms with van der Waals surface area (Å²) in [5, 5.41) is 0. The molecule has 1 fully saturated rings. The Morgan fingerprint density at radius 3 is 2.69 bits per heavy atom. The molecule has 0 aliphatic heterocycles. The van der Waals surface area contributed by atoms with Crippen molar-refractivity contribution in [2.24, 2.45) is 11.3 Å². The topological polar surface area (TPSA) is 0 Å². The lowest BCUT2D eigenvalue weighted by Gasteiger charge is -2.26.